The highest BCUT2D eigenvalue weighted by molar-refractivity contribution is 7.22. The number of pyridine rings is 1. The fourth-order valence-electron chi connectivity index (χ4n) is 4.04. The lowest BCUT2D eigenvalue weighted by atomic mass is 10.1. The first-order valence-corrected chi connectivity index (χ1v) is 11.3. The second-order valence-electron chi connectivity index (χ2n) is 7.60. The molecular formula is C23H22N4O3S. The zero-order chi connectivity index (χ0) is 20.6. The van der Waals surface area contributed by atoms with Crippen LogP contribution in [0.5, 0.6) is 11.5 Å². The molecule has 1 saturated heterocycles. The molecule has 2 aromatic heterocycles. The molecule has 2 aromatic carbocycles. The largest absolute Gasteiger partial charge is 0.486 e. The molecule has 0 bridgehead atoms. The summed E-state index contributed by atoms with van der Waals surface area (Å²) in [6, 6.07) is 14.5. The van der Waals surface area contributed by atoms with Crippen molar-refractivity contribution in [3.05, 3.63) is 48.0 Å². The first-order valence-electron chi connectivity index (χ1n) is 10.5. The van der Waals surface area contributed by atoms with Gasteiger partial charge in [0.1, 0.15) is 19.0 Å². The summed E-state index contributed by atoms with van der Waals surface area (Å²) in [5.74, 6) is 2.58. The van der Waals surface area contributed by atoms with Gasteiger partial charge in [0.25, 0.3) is 0 Å². The fourth-order valence-corrected chi connectivity index (χ4v) is 4.91. The summed E-state index contributed by atoms with van der Waals surface area (Å²) in [6.07, 6.45) is 0. The van der Waals surface area contributed by atoms with Gasteiger partial charge in [-0.25, -0.2) is 9.97 Å². The molecule has 7 nitrogen and oxygen atoms in total. The Morgan fingerprint density at radius 2 is 1.71 bits per heavy atom. The summed E-state index contributed by atoms with van der Waals surface area (Å²) in [4.78, 5) is 12.1. The zero-order valence-corrected chi connectivity index (χ0v) is 17.8. The minimum atomic E-state index is 0.576. The van der Waals surface area contributed by atoms with Crippen LogP contribution >= 0.6 is 11.3 Å². The van der Waals surface area contributed by atoms with Crippen molar-refractivity contribution in [2.45, 2.75) is 6.54 Å². The molecule has 0 spiro atoms. The first-order chi connectivity index (χ1) is 15.3. The van der Waals surface area contributed by atoms with E-state index in [0.717, 1.165) is 75.4 Å². The molecule has 8 heteroatoms. The standard InChI is InChI=1S/C23H22N4O3S/c1-2-4-17-15(3-1)11-16(22(25-17)27-5-7-28-8-6-27)14-24-23-26-18-12-19-20(13-21(18)31-23)30-10-9-29-19/h1-4,11-13H,5-10,14H2,(H,24,26). The molecular weight excluding hydrogens is 412 g/mol. The van der Waals surface area contributed by atoms with Crippen LogP contribution in [-0.4, -0.2) is 49.5 Å². The highest BCUT2D eigenvalue weighted by Gasteiger charge is 2.19. The van der Waals surface area contributed by atoms with E-state index < -0.39 is 0 Å². The predicted molar refractivity (Wildman–Crippen MR) is 123 cm³/mol. The predicted octanol–water partition coefficient (Wildman–Crippen LogP) is 4.06. The van der Waals surface area contributed by atoms with E-state index in [9.17, 15) is 0 Å². The van der Waals surface area contributed by atoms with Crippen LogP contribution in [0.3, 0.4) is 0 Å². The van der Waals surface area contributed by atoms with Gasteiger partial charge < -0.3 is 24.4 Å². The molecule has 4 heterocycles. The summed E-state index contributed by atoms with van der Waals surface area (Å²) in [5, 5.41) is 5.53. The van der Waals surface area contributed by atoms with Gasteiger partial charge in [0.05, 0.1) is 28.9 Å². The van der Waals surface area contributed by atoms with Crippen molar-refractivity contribution in [3.8, 4) is 11.5 Å². The maximum atomic E-state index is 5.70. The van der Waals surface area contributed by atoms with Crippen molar-refractivity contribution in [1.82, 2.24) is 9.97 Å². The molecule has 1 N–H and O–H groups in total. The molecule has 0 radical (unpaired) electrons. The quantitative estimate of drug-likeness (QED) is 0.519. The van der Waals surface area contributed by atoms with Crippen LogP contribution in [0.1, 0.15) is 5.56 Å². The van der Waals surface area contributed by atoms with Gasteiger partial charge in [0, 0.05) is 42.7 Å². The Morgan fingerprint density at radius 1 is 0.903 bits per heavy atom. The molecule has 6 rings (SSSR count). The van der Waals surface area contributed by atoms with Gasteiger partial charge in [-0.05, 0) is 12.1 Å². The van der Waals surface area contributed by atoms with Crippen LogP contribution in [0.2, 0.25) is 0 Å². The minimum absolute atomic E-state index is 0.576. The number of ether oxygens (including phenoxy) is 3. The van der Waals surface area contributed by atoms with Crippen molar-refractivity contribution in [2.24, 2.45) is 0 Å². The van der Waals surface area contributed by atoms with Crippen LogP contribution in [0.4, 0.5) is 10.9 Å². The summed E-state index contributed by atoms with van der Waals surface area (Å²) in [6.45, 7) is 4.98. The summed E-state index contributed by atoms with van der Waals surface area (Å²) >= 11 is 1.62. The average molecular weight is 435 g/mol. The van der Waals surface area contributed by atoms with Crippen LogP contribution in [-0.2, 0) is 11.3 Å². The third kappa shape index (κ3) is 3.62. The topological polar surface area (TPSA) is 68.7 Å². The third-order valence-corrected chi connectivity index (χ3v) is 6.55. The number of morpholine rings is 1. The Hall–Kier alpha value is -3.10. The third-order valence-electron chi connectivity index (χ3n) is 5.57. The van der Waals surface area contributed by atoms with Crippen molar-refractivity contribution in [1.29, 1.82) is 0 Å². The van der Waals surface area contributed by atoms with Gasteiger partial charge in [-0.3, -0.25) is 0 Å². The molecule has 1 fully saturated rings. The molecule has 158 valence electrons. The number of thiazole rings is 1. The molecule has 0 aliphatic carbocycles. The number of nitrogens with zero attached hydrogens (tertiary/aromatic N) is 3. The maximum Gasteiger partial charge on any atom is 0.184 e. The monoisotopic (exact) mass is 434 g/mol. The van der Waals surface area contributed by atoms with E-state index in [1.807, 2.05) is 18.2 Å². The van der Waals surface area contributed by atoms with Crippen molar-refractivity contribution >= 4 is 43.4 Å². The van der Waals surface area contributed by atoms with E-state index in [-0.39, 0.29) is 0 Å². The lowest BCUT2D eigenvalue weighted by Crippen LogP contribution is -2.37. The molecule has 2 aliphatic rings. The maximum absolute atomic E-state index is 5.70. The highest BCUT2D eigenvalue weighted by Crippen LogP contribution is 2.38. The van der Waals surface area contributed by atoms with Crippen LogP contribution in [0, 0.1) is 0 Å². The van der Waals surface area contributed by atoms with Crippen molar-refractivity contribution < 1.29 is 14.2 Å². The number of rotatable bonds is 4. The van der Waals surface area contributed by atoms with E-state index in [0.29, 0.717) is 19.8 Å². The molecule has 0 unspecified atom stereocenters. The van der Waals surface area contributed by atoms with Crippen LogP contribution < -0.4 is 19.7 Å². The van der Waals surface area contributed by atoms with E-state index in [1.165, 1.54) is 0 Å². The average Bonchev–Trinajstić information content (AvgIpc) is 3.22. The second kappa shape index (κ2) is 7.86. The number of aromatic nitrogens is 2. The number of hydrogen-bond acceptors (Lipinski definition) is 8. The first kappa shape index (κ1) is 18.7. The van der Waals surface area contributed by atoms with Gasteiger partial charge >= 0.3 is 0 Å². The summed E-state index contributed by atoms with van der Waals surface area (Å²) < 4.78 is 18.0. The van der Waals surface area contributed by atoms with E-state index >= 15 is 0 Å². The fraction of sp³-hybridized carbons (Fsp3) is 0.304. The van der Waals surface area contributed by atoms with Crippen molar-refractivity contribution in [2.75, 3.05) is 49.7 Å². The molecule has 31 heavy (non-hydrogen) atoms. The van der Waals surface area contributed by atoms with Gasteiger partial charge in [-0.2, -0.15) is 0 Å². The number of fused-ring (bicyclic) bond motifs is 3. The van der Waals surface area contributed by atoms with E-state index in [1.54, 1.807) is 11.3 Å². The lowest BCUT2D eigenvalue weighted by Gasteiger charge is -2.29. The number of nitrogens with one attached hydrogen (secondary N) is 1. The van der Waals surface area contributed by atoms with Crippen molar-refractivity contribution in [3.63, 3.8) is 0 Å². The molecule has 2 aliphatic heterocycles. The smallest absolute Gasteiger partial charge is 0.184 e. The molecule has 0 saturated carbocycles. The van der Waals surface area contributed by atoms with Gasteiger partial charge in [-0.15, -0.1) is 0 Å². The van der Waals surface area contributed by atoms with Crippen LogP contribution in [0.25, 0.3) is 21.1 Å². The van der Waals surface area contributed by atoms with Gasteiger partial charge in [-0.1, -0.05) is 29.5 Å². The normalized spacial score (nSPS) is 16.1. The Bertz CT molecular complexity index is 1210. The summed E-state index contributed by atoms with van der Waals surface area (Å²) in [5.41, 5.74) is 3.09. The Morgan fingerprint density at radius 3 is 2.58 bits per heavy atom. The SMILES string of the molecule is c1ccc2nc(N3CCOCC3)c(CNc3nc4cc5c(cc4s3)OCCO5)cc2c1. The van der Waals surface area contributed by atoms with E-state index in [2.05, 4.69) is 34.5 Å². The number of para-hydroxylation sites is 1. The Kier molecular flexibility index (Phi) is 4.73. The van der Waals surface area contributed by atoms with Gasteiger partial charge in [0.15, 0.2) is 16.6 Å². The highest BCUT2D eigenvalue weighted by atomic mass is 32.1. The van der Waals surface area contributed by atoms with E-state index in [4.69, 9.17) is 24.2 Å². The lowest BCUT2D eigenvalue weighted by molar-refractivity contribution is 0.122. The number of hydrogen-bond donors (Lipinski definition) is 1. The second-order valence-corrected chi connectivity index (χ2v) is 8.63. The number of anilines is 2. The number of benzene rings is 2. The van der Waals surface area contributed by atoms with Crippen LogP contribution in [0.15, 0.2) is 42.5 Å². The molecule has 4 aromatic rings. The minimum Gasteiger partial charge on any atom is -0.486 e. The Labute approximate surface area is 183 Å². The molecule has 0 atom stereocenters. The van der Waals surface area contributed by atoms with Gasteiger partial charge in [0.2, 0.25) is 0 Å². The molecule has 0 amide bonds. The Balaban J connectivity index is 1.31. The zero-order valence-electron chi connectivity index (χ0n) is 17.0. The summed E-state index contributed by atoms with van der Waals surface area (Å²) in [7, 11) is 0.